The minimum Gasteiger partial charge on any atom is -0.318 e. The number of non-ortho nitro benzene ring substituents is 1. The number of benzene rings is 2. The molecule has 1 aliphatic heterocycles. The molecule has 2 aromatic heterocycles. The van der Waals surface area contributed by atoms with Gasteiger partial charge in [0.1, 0.15) is 17.5 Å². The fraction of sp³-hybridized carbons (Fsp3) is 0.0556. The lowest BCUT2D eigenvalue weighted by atomic mass is 9.92. The highest BCUT2D eigenvalue weighted by atomic mass is 19.1. The fourth-order valence-electron chi connectivity index (χ4n) is 3.51. The first-order chi connectivity index (χ1) is 14.5. The van der Waals surface area contributed by atoms with Gasteiger partial charge in [0.15, 0.2) is 0 Å². The van der Waals surface area contributed by atoms with Crippen LogP contribution in [-0.4, -0.2) is 35.3 Å². The summed E-state index contributed by atoms with van der Waals surface area (Å²) in [5, 5.41) is 32.1. The minimum atomic E-state index is -0.786. The van der Waals surface area contributed by atoms with E-state index in [1.807, 2.05) is 0 Å². The number of anilines is 2. The van der Waals surface area contributed by atoms with E-state index in [4.69, 9.17) is 0 Å². The molecule has 0 amide bonds. The highest BCUT2D eigenvalue weighted by Gasteiger charge is 2.34. The molecule has 0 spiro atoms. The van der Waals surface area contributed by atoms with Gasteiger partial charge in [-0.25, -0.2) is 9.49 Å². The van der Waals surface area contributed by atoms with E-state index < -0.39 is 22.3 Å². The maximum absolute atomic E-state index is 14.0. The Balaban J connectivity index is 1.82. The second kappa shape index (κ2) is 6.55. The molecule has 1 aliphatic rings. The summed E-state index contributed by atoms with van der Waals surface area (Å²) in [5.74, 6) is -0.282. The molecule has 0 saturated carbocycles. The van der Waals surface area contributed by atoms with Crippen LogP contribution in [0.4, 0.5) is 21.7 Å². The van der Waals surface area contributed by atoms with Crippen LogP contribution in [0.3, 0.4) is 0 Å². The summed E-state index contributed by atoms with van der Waals surface area (Å²) in [6.07, 6.45) is 0. The number of H-pyrrole nitrogens is 1. The second-order valence-corrected chi connectivity index (χ2v) is 6.53. The number of nitro groups is 1. The molecule has 0 unspecified atom stereocenters. The molecule has 1 atom stereocenters. The van der Waals surface area contributed by atoms with Crippen LogP contribution in [0.5, 0.6) is 0 Å². The van der Waals surface area contributed by atoms with Crippen molar-refractivity contribution in [1.29, 1.82) is 0 Å². The Morgan fingerprint density at radius 2 is 2.00 bits per heavy atom. The van der Waals surface area contributed by atoms with Gasteiger partial charge in [-0.05, 0) is 28.1 Å². The number of tetrazole rings is 1. The number of nitrogens with zero attached hydrogens (tertiary/aromatic N) is 6. The lowest BCUT2D eigenvalue weighted by Crippen LogP contribution is -2.29. The maximum Gasteiger partial charge on any atom is 0.288 e. The number of hydrogen-bond acceptors (Lipinski definition) is 8. The van der Waals surface area contributed by atoms with Crippen molar-refractivity contribution < 1.29 is 9.31 Å². The molecule has 148 valence electrons. The van der Waals surface area contributed by atoms with Crippen LogP contribution in [0.1, 0.15) is 17.2 Å². The summed E-state index contributed by atoms with van der Waals surface area (Å²) in [4.78, 5) is 23.3. The zero-order valence-corrected chi connectivity index (χ0v) is 15.0. The summed E-state index contributed by atoms with van der Waals surface area (Å²) in [6, 6.07) is 10.9. The molecular weight excluding hydrogens is 395 g/mol. The first-order valence-electron chi connectivity index (χ1n) is 8.70. The largest absolute Gasteiger partial charge is 0.318 e. The number of rotatable bonds is 3. The predicted octanol–water partition coefficient (Wildman–Crippen LogP) is 2.17. The molecule has 11 nitrogen and oxygen atoms in total. The minimum absolute atomic E-state index is 0.128. The van der Waals surface area contributed by atoms with Crippen molar-refractivity contribution in [2.75, 3.05) is 5.32 Å². The van der Waals surface area contributed by atoms with Crippen molar-refractivity contribution in [1.82, 2.24) is 30.4 Å². The molecule has 0 aliphatic carbocycles. The monoisotopic (exact) mass is 406 g/mol. The maximum atomic E-state index is 14.0. The number of aromatic nitrogens is 6. The third-order valence-electron chi connectivity index (χ3n) is 4.76. The lowest BCUT2D eigenvalue weighted by Gasteiger charge is -2.27. The molecule has 30 heavy (non-hydrogen) atoms. The number of nitrogens with one attached hydrogen (secondary N) is 2. The van der Waals surface area contributed by atoms with Gasteiger partial charge in [-0.15, -0.1) is 0 Å². The highest BCUT2D eigenvalue weighted by Crippen LogP contribution is 2.41. The number of aromatic amines is 1. The SMILES string of the molecule is O=c1[nH]nc(-c2cccc([N+](=O)[O-])c2)c2c1Nc1nnnn1[C@H]2c1cccc(F)c1. The second-order valence-electron chi connectivity index (χ2n) is 6.53. The van der Waals surface area contributed by atoms with Gasteiger partial charge < -0.3 is 5.32 Å². The van der Waals surface area contributed by atoms with Gasteiger partial charge in [-0.3, -0.25) is 14.9 Å². The van der Waals surface area contributed by atoms with E-state index >= 15 is 0 Å². The molecule has 0 saturated heterocycles. The molecular formula is C18H11FN8O3. The number of fused-ring (bicyclic) bond motifs is 2. The van der Waals surface area contributed by atoms with Gasteiger partial charge >= 0.3 is 0 Å². The van der Waals surface area contributed by atoms with Crippen LogP contribution in [0.25, 0.3) is 11.3 Å². The van der Waals surface area contributed by atoms with Crippen LogP contribution in [0, 0.1) is 15.9 Å². The molecule has 0 radical (unpaired) electrons. The summed E-state index contributed by atoms with van der Waals surface area (Å²) >= 11 is 0. The standard InChI is InChI=1S/C18H11FN8O3/c19-11-5-1-4-10(7-11)16-13-14(9-3-2-6-12(8-9)27(29)30)21-22-17(28)15(13)20-18-23-24-25-26(16)18/h1-8,16H,(H,22,28)(H,20,23,25)/t16-/m0/s1. The average Bonchev–Trinajstić information content (AvgIpc) is 3.21. The summed E-state index contributed by atoms with van der Waals surface area (Å²) < 4.78 is 15.4. The van der Waals surface area contributed by atoms with Crippen molar-refractivity contribution in [2.45, 2.75) is 6.04 Å². The van der Waals surface area contributed by atoms with Crippen molar-refractivity contribution in [3.63, 3.8) is 0 Å². The molecule has 0 fully saturated rings. The van der Waals surface area contributed by atoms with Crippen LogP contribution < -0.4 is 10.9 Å². The Morgan fingerprint density at radius 1 is 1.17 bits per heavy atom. The van der Waals surface area contributed by atoms with Crippen LogP contribution in [-0.2, 0) is 0 Å². The van der Waals surface area contributed by atoms with E-state index in [2.05, 4.69) is 31.0 Å². The van der Waals surface area contributed by atoms with Gasteiger partial charge in [-0.2, -0.15) is 9.78 Å². The predicted molar refractivity (Wildman–Crippen MR) is 102 cm³/mol. The Kier molecular flexibility index (Phi) is 3.84. The van der Waals surface area contributed by atoms with Crippen molar-refractivity contribution >= 4 is 17.3 Å². The molecule has 2 aromatic carbocycles. The number of halogens is 1. The first-order valence-corrected chi connectivity index (χ1v) is 8.70. The third-order valence-corrected chi connectivity index (χ3v) is 4.76. The third kappa shape index (κ3) is 2.70. The Morgan fingerprint density at radius 3 is 2.80 bits per heavy atom. The van der Waals surface area contributed by atoms with Crippen LogP contribution >= 0.6 is 0 Å². The smallest absolute Gasteiger partial charge is 0.288 e. The van der Waals surface area contributed by atoms with Gasteiger partial charge in [0.25, 0.3) is 11.2 Å². The van der Waals surface area contributed by atoms with E-state index in [0.29, 0.717) is 16.7 Å². The average molecular weight is 406 g/mol. The van der Waals surface area contributed by atoms with E-state index in [-0.39, 0.29) is 23.0 Å². The Bertz CT molecular complexity index is 1370. The molecule has 12 heteroatoms. The van der Waals surface area contributed by atoms with Crippen molar-refractivity contribution in [3.8, 4) is 11.3 Å². The molecule has 5 rings (SSSR count). The molecule has 0 bridgehead atoms. The number of hydrogen-bond donors (Lipinski definition) is 2. The van der Waals surface area contributed by atoms with E-state index in [1.54, 1.807) is 12.1 Å². The normalized spacial score (nSPS) is 14.5. The molecule has 4 aromatic rings. The number of nitro benzene ring substituents is 1. The van der Waals surface area contributed by atoms with Gasteiger partial charge in [-0.1, -0.05) is 29.4 Å². The van der Waals surface area contributed by atoms with Crippen LogP contribution in [0.2, 0.25) is 0 Å². The zero-order valence-electron chi connectivity index (χ0n) is 15.0. The topological polar surface area (TPSA) is 145 Å². The highest BCUT2D eigenvalue weighted by molar-refractivity contribution is 5.76. The summed E-state index contributed by atoms with van der Waals surface area (Å²) in [6.45, 7) is 0. The summed E-state index contributed by atoms with van der Waals surface area (Å²) in [5.41, 5.74) is 0.976. The van der Waals surface area contributed by atoms with Gasteiger partial charge in [0.2, 0.25) is 5.95 Å². The van der Waals surface area contributed by atoms with E-state index in [1.165, 1.54) is 41.1 Å². The summed E-state index contributed by atoms with van der Waals surface area (Å²) in [7, 11) is 0. The first kappa shape index (κ1) is 17.6. The molecule has 3 heterocycles. The van der Waals surface area contributed by atoms with E-state index in [9.17, 15) is 19.3 Å². The van der Waals surface area contributed by atoms with Crippen LogP contribution in [0.15, 0.2) is 53.3 Å². The fourth-order valence-corrected chi connectivity index (χ4v) is 3.51. The quantitative estimate of drug-likeness (QED) is 0.343. The van der Waals surface area contributed by atoms with Crippen molar-refractivity contribution in [3.05, 3.63) is 85.9 Å². The van der Waals surface area contributed by atoms with Crippen molar-refractivity contribution in [2.24, 2.45) is 0 Å². The van der Waals surface area contributed by atoms with E-state index in [0.717, 1.165) is 0 Å². The van der Waals surface area contributed by atoms with Gasteiger partial charge in [0, 0.05) is 23.3 Å². The Hall–Kier alpha value is -4.48. The Labute approximate surface area is 166 Å². The van der Waals surface area contributed by atoms with Gasteiger partial charge in [0.05, 0.1) is 10.6 Å². The zero-order chi connectivity index (χ0) is 20.8. The lowest BCUT2D eigenvalue weighted by molar-refractivity contribution is -0.384. The molecule has 2 N–H and O–H groups in total.